The highest BCUT2D eigenvalue weighted by atomic mass is 19.1. The number of amides is 1. The summed E-state index contributed by atoms with van der Waals surface area (Å²) in [4.78, 5) is 12.0. The van der Waals surface area contributed by atoms with E-state index in [9.17, 15) is 9.18 Å². The van der Waals surface area contributed by atoms with Gasteiger partial charge in [-0.1, -0.05) is 6.07 Å². The predicted octanol–water partition coefficient (Wildman–Crippen LogP) is 0.829. The van der Waals surface area contributed by atoms with Crippen molar-refractivity contribution in [3.63, 3.8) is 0 Å². The second-order valence-electron chi connectivity index (χ2n) is 4.83. The van der Waals surface area contributed by atoms with Gasteiger partial charge >= 0.3 is 0 Å². The zero-order valence-corrected chi connectivity index (χ0v) is 11.2. The van der Waals surface area contributed by atoms with Crippen LogP contribution in [0.25, 0.3) is 0 Å². The van der Waals surface area contributed by atoms with E-state index in [1.165, 1.54) is 12.1 Å². The minimum absolute atomic E-state index is 0.191. The lowest BCUT2D eigenvalue weighted by Crippen LogP contribution is -2.57. The summed E-state index contributed by atoms with van der Waals surface area (Å²) in [6.07, 6.45) is 1.03. The van der Waals surface area contributed by atoms with Gasteiger partial charge in [-0.2, -0.15) is 0 Å². The number of hydrogen-bond acceptors (Lipinski definition) is 4. The fraction of sp³-hybridized carbons (Fsp3) is 0.500. The predicted molar refractivity (Wildman–Crippen MR) is 71.9 cm³/mol. The highest BCUT2D eigenvalue weighted by Crippen LogP contribution is 2.17. The number of benzene rings is 1. The van der Waals surface area contributed by atoms with Gasteiger partial charge in [0, 0.05) is 19.3 Å². The first kappa shape index (κ1) is 14.7. The van der Waals surface area contributed by atoms with Gasteiger partial charge < -0.3 is 20.5 Å². The Hall–Kier alpha value is -1.66. The highest BCUT2D eigenvalue weighted by Gasteiger charge is 2.35. The molecule has 1 aromatic rings. The van der Waals surface area contributed by atoms with E-state index in [0.29, 0.717) is 38.3 Å². The zero-order valence-electron chi connectivity index (χ0n) is 11.2. The van der Waals surface area contributed by atoms with Crippen LogP contribution >= 0.6 is 0 Å². The van der Waals surface area contributed by atoms with Crippen LogP contribution in [0.3, 0.4) is 0 Å². The largest absolute Gasteiger partial charge is 0.492 e. The molecule has 1 amide bonds. The Balaban J connectivity index is 1.71. The van der Waals surface area contributed by atoms with Gasteiger partial charge in [0.05, 0.1) is 12.1 Å². The summed E-state index contributed by atoms with van der Waals surface area (Å²) in [5.41, 5.74) is 5.18. The molecule has 0 aromatic heterocycles. The molecular formula is C14H19FN2O3. The second-order valence-corrected chi connectivity index (χ2v) is 4.83. The van der Waals surface area contributed by atoms with Crippen molar-refractivity contribution in [3.8, 4) is 5.75 Å². The van der Waals surface area contributed by atoms with Crippen LogP contribution in [-0.2, 0) is 9.53 Å². The molecule has 110 valence electrons. The SMILES string of the molecule is NC1(C(=O)NCCOc2cccc(F)c2)CCOCC1. The zero-order chi connectivity index (χ0) is 14.4. The molecule has 1 saturated heterocycles. The molecule has 0 aliphatic carbocycles. The Labute approximate surface area is 117 Å². The van der Waals surface area contributed by atoms with E-state index in [1.807, 2.05) is 0 Å². The van der Waals surface area contributed by atoms with Crippen LogP contribution in [0.5, 0.6) is 5.75 Å². The quantitative estimate of drug-likeness (QED) is 0.785. The van der Waals surface area contributed by atoms with E-state index in [0.717, 1.165) is 0 Å². The van der Waals surface area contributed by atoms with Crippen molar-refractivity contribution >= 4 is 5.91 Å². The third-order valence-electron chi connectivity index (χ3n) is 3.29. The minimum Gasteiger partial charge on any atom is -0.492 e. The standard InChI is InChI=1S/C14H19FN2O3/c15-11-2-1-3-12(10-11)20-9-6-17-13(18)14(16)4-7-19-8-5-14/h1-3,10H,4-9,16H2,(H,17,18). The first-order valence-corrected chi connectivity index (χ1v) is 6.63. The summed E-state index contributed by atoms with van der Waals surface area (Å²) in [7, 11) is 0. The fourth-order valence-electron chi connectivity index (χ4n) is 2.03. The number of hydrogen-bond donors (Lipinski definition) is 2. The van der Waals surface area contributed by atoms with Crippen LogP contribution in [-0.4, -0.2) is 37.8 Å². The molecule has 3 N–H and O–H groups in total. The van der Waals surface area contributed by atoms with Crippen molar-refractivity contribution in [2.24, 2.45) is 5.73 Å². The van der Waals surface area contributed by atoms with Crippen LogP contribution in [0.15, 0.2) is 24.3 Å². The van der Waals surface area contributed by atoms with Crippen molar-refractivity contribution in [1.29, 1.82) is 0 Å². The molecule has 0 atom stereocenters. The number of carbonyl (C=O) groups excluding carboxylic acids is 1. The first-order chi connectivity index (χ1) is 9.60. The Morgan fingerprint density at radius 3 is 2.90 bits per heavy atom. The maximum absolute atomic E-state index is 12.9. The molecular weight excluding hydrogens is 263 g/mol. The van der Waals surface area contributed by atoms with Gasteiger partial charge in [0.1, 0.15) is 18.2 Å². The summed E-state index contributed by atoms with van der Waals surface area (Å²) >= 11 is 0. The van der Waals surface area contributed by atoms with E-state index in [2.05, 4.69) is 5.32 Å². The van der Waals surface area contributed by atoms with Gasteiger partial charge in [-0.3, -0.25) is 4.79 Å². The highest BCUT2D eigenvalue weighted by molar-refractivity contribution is 5.86. The van der Waals surface area contributed by atoms with Gasteiger partial charge in [0.25, 0.3) is 0 Å². The summed E-state index contributed by atoms with van der Waals surface area (Å²) in [5, 5.41) is 2.74. The van der Waals surface area contributed by atoms with Crippen LogP contribution < -0.4 is 15.8 Å². The molecule has 0 spiro atoms. The van der Waals surface area contributed by atoms with E-state index in [4.69, 9.17) is 15.2 Å². The van der Waals surface area contributed by atoms with Crippen molar-refractivity contribution in [3.05, 3.63) is 30.1 Å². The molecule has 1 fully saturated rings. The number of ether oxygens (including phenoxy) is 2. The van der Waals surface area contributed by atoms with Crippen molar-refractivity contribution in [1.82, 2.24) is 5.32 Å². The fourth-order valence-corrected chi connectivity index (χ4v) is 2.03. The third kappa shape index (κ3) is 3.91. The van der Waals surface area contributed by atoms with Crippen molar-refractivity contribution < 1.29 is 18.7 Å². The molecule has 0 saturated carbocycles. The summed E-state index contributed by atoms with van der Waals surface area (Å²) in [5.74, 6) is -0.105. The van der Waals surface area contributed by atoms with Crippen LogP contribution in [0, 0.1) is 5.82 Å². The number of halogens is 1. The average Bonchev–Trinajstić information content (AvgIpc) is 2.44. The topological polar surface area (TPSA) is 73.6 Å². The maximum atomic E-state index is 12.9. The number of rotatable bonds is 5. The molecule has 5 nitrogen and oxygen atoms in total. The van der Waals surface area contributed by atoms with Gasteiger partial charge in [-0.05, 0) is 25.0 Å². The minimum atomic E-state index is -0.850. The molecule has 1 aliphatic rings. The van der Waals surface area contributed by atoms with Gasteiger partial charge in [-0.25, -0.2) is 4.39 Å². The van der Waals surface area contributed by atoms with E-state index in [-0.39, 0.29) is 18.3 Å². The maximum Gasteiger partial charge on any atom is 0.240 e. The first-order valence-electron chi connectivity index (χ1n) is 6.63. The normalized spacial score (nSPS) is 17.5. The molecule has 20 heavy (non-hydrogen) atoms. The third-order valence-corrected chi connectivity index (χ3v) is 3.29. The monoisotopic (exact) mass is 282 g/mol. The molecule has 2 rings (SSSR count). The lowest BCUT2D eigenvalue weighted by molar-refractivity contribution is -0.129. The molecule has 0 unspecified atom stereocenters. The van der Waals surface area contributed by atoms with Crippen LogP contribution in [0.2, 0.25) is 0 Å². The second kappa shape index (κ2) is 6.67. The average molecular weight is 282 g/mol. The van der Waals surface area contributed by atoms with Crippen LogP contribution in [0.4, 0.5) is 4.39 Å². The van der Waals surface area contributed by atoms with Crippen LogP contribution in [0.1, 0.15) is 12.8 Å². The van der Waals surface area contributed by atoms with Gasteiger partial charge in [0.15, 0.2) is 0 Å². The van der Waals surface area contributed by atoms with E-state index in [1.54, 1.807) is 12.1 Å². The summed E-state index contributed by atoms with van der Waals surface area (Å²) in [6, 6.07) is 5.87. The Kier molecular flexibility index (Phi) is 4.92. The van der Waals surface area contributed by atoms with Gasteiger partial charge in [0.2, 0.25) is 5.91 Å². The number of carbonyl (C=O) groups is 1. The molecule has 1 heterocycles. The van der Waals surface area contributed by atoms with E-state index < -0.39 is 5.54 Å². The smallest absolute Gasteiger partial charge is 0.240 e. The van der Waals surface area contributed by atoms with E-state index >= 15 is 0 Å². The number of nitrogens with one attached hydrogen (secondary N) is 1. The van der Waals surface area contributed by atoms with Crippen molar-refractivity contribution in [2.45, 2.75) is 18.4 Å². The lowest BCUT2D eigenvalue weighted by atomic mass is 9.90. The van der Waals surface area contributed by atoms with Gasteiger partial charge in [-0.15, -0.1) is 0 Å². The molecule has 1 aliphatic heterocycles. The Morgan fingerprint density at radius 1 is 1.45 bits per heavy atom. The number of nitrogens with two attached hydrogens (primary N) is 1. The lowest BCUT2D eigenvalue weighted by Gasteiger charge is -2.31. The summed E-state index contributed by atoms with van der Waals surface area (Å²) < 4.78 is 23.4. The summed E-state index contributed by atoms with van der Waals surface area (Å²) in [6.45, 7) is 1.60. The molecule has 1 aromatic carbocycles. The van der Waals surface area contributed by atoms with Crippen molar-refractivity contribution in [2.75, 3.05) is 26.4 Å². The molecule has 0 radical (unpaired) electrons. The Bertz CT molecular complexity index is 461. The Morgan fingerprint density at radius 2 is 2.20 bits per heavy atom. The molecule has 0 bridgehead atoms. The molecule has 6 heteroatoms.